The molecular weight excluding hydrogens is 248 g/mol. The summed E-state index contributed by atoms with van der Waals surface area (Å²) < 4.78 is 0. The van der Waals surface area contributed by atoms with E-state index in [-0.39, 0.29) is 21.3 Å². The number of carboxylic acids is 1. The third-order valence-electron chi connectivity index (χ3n) is 1.87. The number of carboxylic acid groups (broad SMARTS) is 1. The van der Waals surface area contributed by atoms with Crippen molar-refractivity contribution in [3.8, 4) is 5.75 Å². The Morgan fingerprint density at radius 3 is 2.50 bits per heavy atom. The summed E-state index contributed by atoms with van der Waals surface area (Å²) in [4.78, 5) is 23.0. The zero-order valence-electron chi connectivity index (χ0n) is 7.84. The molecule has 0 fully saturated rings. The molecule has 16 heavy (non-hydrogen) atoms. The van der Waals surface area contributed by atoms with Crippen LogP contribution >= 0.6 is 22.7 Å². The minimum atomic E-state index is -1.15. The first-order valence-corrected chi connectivity index (χ1v) is 5.93. The van der Waals surface area contributed by atoms with Gasteiger partial charge in [0, 0.05) is 6.07 Å². The fourth-order valence-corrected chi connectivity index (χ4v) is 2.75. The zero-order valence-corrected chi connectivity index (χ0v) is 9.47. The van der Waals surface area contributed by atoms with Crippen molar-refractivity contribution in [3.05, 3.63) is 38.2 Å². The van der Waals surface area contributed by atoms with E-state index < -0.39 is 5.97 Å². The Bertz CT molecular complexity index is 539. The van der Waals surface area contributed by atoms with Gasteiger partial charge in [-0.2, -0.15) is 0 Å². The number of aromatic carboxylic acids is 1. The molecule has 0 aliphatic rings. The number of ketones is 1. The second-order valence-electron chi connectivity index (χ2n) is 2.94. The Balaban J connectivity index is 2.41. The predicted molar refractivity (Wildman–Crippen MR) is 60.7 cm³/mol. The molecule has 0 unspecified atom stereocenters. The van der Waals surface area contributed by atoms with Crippen LogP contribution in [0.1, 0.15) is 24.2 Å². The molecule has 2 aromatic rings. The van der Waals surface area contributed by atoms with Crippen LogP contribution < -0.4 is 0 Å². The van der Waals surface area contributed by atoms with E-state index in [1.165, 1.54) is 11.3 Å². The number of carbonyl (C=O) groups is 2. The van der Waals surface area contributed by atoms with E-state index in [1.807, 2.05) is 0 Å². The fraction of sp³-hybridized carbons (Fsp3) is 0. The molecule has 0 atom stereocenters. The van der Waals surface area contributed by atoms with Crippen molar-refractivity contribution in [2.24, 2.45) is 0 Å². The molecule has 0 aromatic carbocycles. The predicted octanol–water partition coefficient (Wildman–Crippen LogP) is 2.44. The zero-order chi connectivity index (χ0) is 11.7. The van der Waals surface area contributed by atoms with Crippen LogP contribution in [0.4, 0.5) is 0 Å². The summed E-state index contributed by atoms with van der Waals surface area (Å²) in [6.45, 7) is 0. The maximum absolute atomic E-state index is 11.8. The highest BCUT2D eigenvalue weighted by Gasteiger charge is 2.20. The normalized spacial score (nSPS) is 10.2. The van der Waals surface area contributed by atoms with E-state index in [0.29, 0.717) is 4.88 Å². The van der Waals surface area contributed by atoms with Crippen molar-refractivity contribution >= 4 is 34.4 Å². The van der Waals surface area contributed by atoms with Gasteiger partial charge in [0.25, 0.3) is 0 Å². The molecule has 0 spiro atoms. The minimum Gasteiger partial charge on any atom is -0.506 e. The first kappa shape index (κ1) is 10.8. The third kappa shape index (κ3) is 1.84. The van der Waals surface area contributed by atoms with Crippen molar-refractivity contribution in [3.63, 3.8) is 0 Å². The summed E-state index contributed by atoms with van der Waals surface area (Å²) in [5.74, 6) is -1.77. The van der Waals surface area contributed by atoms with Gasteiger partial charge in [0.1, 0.15) is 15.5 Å². The summed E-state index contributed by atoms with van der Waals surface area (Å²) in [6.07, 6.45) is 0. The molecule has 0 bridgehead atoms. The van der Waals surface area contributed by atoms with Crippen molar-refractivity contribution in [2.45, 2.75) is 0 Å². The molecule has 0 aliphatic heterocycles. The van der Waals surface area contributed by atoms with Crippen LogP contribution in [0.2, 0.25) is 0 Å². The average Bonchev–Trinajstić information content (AvgIpc) is 2.84. The lowest BCUT2D eigenvalue weighted by atomic mass is 10.2. The lowest BCUT2D eigenvalue weighted by Crippen LogP contribution is -1.95. The lowest BCUT2D eigenvalue weighted by Gasteiger charge is -1.93. The van der Waals surface area contributed by atoms with Gasteiger partial charge in [-0.25, -0.2) is 4.79 Å². The number of hydrogen-bond acceptors (Lipinski definition) is 5. The summed E-state index contributed by atoms with van der Waals surface area (Å²) in [5, 5.41) is 20.0. The molecule has 0 amide bonds. The summed E-state index contributed by atoms with van der Waals surface area (Å²) >= 11 is 2.03. The highest BCUT2D eigenvalue weighted by Crippen LogP contribution is 2.31. The molecule has 2 rings (SSSR count). The van der Waals surface area contributed by atoms with E-state index in [4.69, 9.17) is 5.11 Å². The molecule has 6 heteroatoms. The number of thiophene rings is 2. The van der Waals surface area contributed by atoms with E-state index in [9.17, 15) is 14.7 Å². The van der Waals surface area contributed by atoms with Crippen molar-refractivity contribution in [1.29, 1.82) is 0 Å². The molecule has 4 nitrogen and oxygen atoms in total. The van der Waals surface area contributed by atoms with Crippen molar-refractivity contribution < 1.29 is 19.8 Å². The molecule has 2 N–H and O–H groups in total. The standard InChI is InChI=1S/C10H6O4S2/c11-5-4-7(10(13)14)16-9(5)8(12)6-2-1-3-15-6/h1-4,11H,(H,13,14). The van der Waals surface area contributed by atoms with Gasteiger partial charge in [-0.3, -0.25) is 4.79 Å². The van der Waals surface area contributed by atoms with Gasteiger partial charge in [-0.05, 0) is 11.4 Å². The summed E-state index contributed by atoms with van der Waals surface area (Å²) in [7, 11) is 0. The third-order valence-corrected chi connectivity index (χ3v) is 3.85. The van der Waals surface area contributed by atoms with Crippen molar-refractivity contribution in [2.75, 3.05) is 0 Å². The number of aromatic hydroxyl groups is 1. The molecular formula is C10H6O4S2. The molecule has 0 saturated heterocycles. The fourth-order valence-electron chi connectivity index (χ4n) is 1.17. The Morgan fingerprint density at radius 2 is 2.00 bits per heavy atom. The van der Waals surface area contributed by atoms with E-state index in [2.05, 4.69) is 0 Å². The topological polar surface area (TPSA) is 74.6 Å². The molecule has 0 radical (unpaired) electrons. The summed E-state index contributed by atoms with van der Waals surface area (Å²) in [5.41, 5.74) is 0. The van der Waals surface area contributed by atoms with Crippen molar-refractivity contribution in [1.82, 2.24) is 0 Å². The molecule has 0 saturated carbocycles. The Morgan fingerprint density at radius 1 is 1.25 bits per heavy atom. The van der Waals surface area contributed by atoms with Crippen LogP contribution in [-0.4, -0.2) is 22.0 Å². The van der Waals surface area contributed by atoms with Crippen LogP contribution in [0, 0.1) is 0 Å². The number of rotatable bonds is 3. The number of carbonyl (C=O) groups excluding carboxylic acids is 1. The minimum absolute atomic E-state index is 0.0441. The van der Waals surface area contributed by atoms with Gasteiger partial charge >= 0.3 is 5.97 Å². The van der Waals surface area contributed by atoms with Gasteiger partial charge in [0.15, 0.2) is 0 Å². The van der Waals surface area contributed by atoms with Crippen LogP contribution in [0.3, 0.4) is 0 Å². The van der Waals surface area contributed by atoms with Crippen LogP contribution in [-0.2, 0) is 0 Å². The largest absolute Gasteiger partial charge is 0.506 e. The van der Waals surface area contributed by atoms with Gasteiger partial charge in [0.05, 0.1) is 4.88 Å². The van der Waals surface area contributed by atoms with Gasteiger partial charge in [0.2, 0.25) is 5.78 Å². The quantitative estimate of drug-likeness (QED) is 0.825. The van der Waals surface area contributed by atoms with Gasteiger partial charge in [-0.1, -0.05) is 6.07 Å². The van der Waals surface area contributed by atoms with Gasteiger partial charge in [-0.15, -0.1) is 22.7 Å². The van der Waals surface area contributed by atoms with E-state index in [1.54, 1.807) is 17.5 Å². The van der Waals surface area contributed by atoms with Crippen LogP contribution in [0.5, 0.6) is 5.75 Å². The Kier molecular flexibility index (Phi) is 2.76. The highest BCUT2D eigenvalue weighted by molar-refractivity contribution is 7.18. The molecule has 0 aliphatic carbocycles. The maximum Gasteiger partial charge on any atom is 0.346 e. The SMILES string of the molecule is O=C(O)c1cc(O)c(C(=O)c2cccs2)s1. The number of hydrogen-bond donors (Lipinski definition) is 2. The molecule has 2 aromatic heterocycles. The smallest absolute Gasteiger partial charge is 0.346 e. The van der Waals surface area contributed by atoms with Crippen LogP contribution in [0.15, 0.2) is 23.6 Å². The Labute approximate surface area is 98.4 Å². The molecule has 82 valence electrons. The lowest BCUT2D eigenvalue weighted by molar-refractivity contribution is 0.0701. The second kappa shape index (κ2) is 4.07. The van der Waals surface area contributed by atoms with E-state index in [0.717, 1.165) is 17.4 Å². The van der Waals surface area contributed by atoms with Crippen LogP contribution in [0.25, 0.3) is 0 Å². The first-order chi connectivity index (χ1) is 7.59. The monoisotopic (exact) mass is 254 g/mol. The highest BCUT2D eigenvalue weighted by atomic mass is 32.1. The summed E-state index contributed by atoms with van der Waals surface area (Å²) in [6, 6.07) is 4.45. The first-order valence-electron chi connectivity index (χ1n) is 4.24. The Hall–Kier alpha value is -1.66. The average molecular weight is 254 g/mol. The second-order valence-corrected chi connectivity index (χ2v) is 4.94. The maximum atomic E-state index is 11.8. The van der Waals surface area contributed by atoms with Gasteiger partial charge < -0.3 is 10.2 Å². The molecule has 2 heterocycles. The van der Waals surface area contributed by atoms with E-state index >= 15 is 0 Å².